The summed E-state index contributed by atoms with van der Waals surface area (Å²) < 4.78 is 41.9. The van der Waals surface area contributed by atoms with Crippen molar-refractivity contribution in [2.24, 2.45) is 5.73 Å². The topological polar surface area (TPSA) is 110 Å². The van der Waals surface area contributed by atoms with Gasteiger partial charge in [-0.3, -0.25) is 14.3 Å². The molecular weight excluding hydrogens is 403 g/mol. The number of carbonyl (C=O) groups excluding carboxylic acids is 1. The summed E-state index contributed by atoms with van der Waals surface area (Å²) in [6.07, 6.45) is 1.24. The number of aromatic nitrogens is 1. The summed E-state index contributed by atoms with van der Waals surface area (Å²) in [5, 5.41) is 0.703. The van der Waals surface area contributed by atoms with E-state index >= 15 is 0 Å². The van der Waals surface area contributed by atoms with Crippen LogP contribution in [0.4, 0.5) is 4.39 Å². The molecule has 0 aliphatic carbocycles. The number of nitrogens with two attached hydrogens (primary N) is 1. The minimum atomic E-state index is -4.06. The van der Waals surface area contributed by atoms with Crippen molar-refractivity contribution in [2.45, 2.75) is 6.92 Å². The van der Waals surface area contributed by atoms with Crippen LogP contribution in [0.15, 0.2) is 46.3 Å². The van der Waals surface area contributed by atoms with Crippen LogP contribution in [0.2, 0.25) is 0 Å². The third-order valence-electron chi connectivity index (χ3n) is 2.52. The molecule has 2 aromatic rings. The van der Waals surface area contributed by atoms with Crippen LogP contribution < -0.4 is 5.73 Å². The maximum Gasteiger partial charge on any atom is 0.287 e. The number of aryl methyl sites for hydroxylation is 1. The predicted octanol–water partition coefficient (Wildman–Crippen LogP) is 2.94. The van der Waals surface area contributed by atoms with Crippen LogP contribution >= 0.6 is 15.9 Å². The van der Waals surface area contributed by atoms with Gasteiger partial charge in [0.1, 0.15) is 5.82 Å². The minimum Gasteiger partial charge on any atom is -0.366 e. The molecule has 1 heterocycles. The molecule has 0 atom stereocenters. The number of halogens is 2. The number of rotatable bonds is 3. The first kappa shape index (κ1) is 19.9. The fourth-order valence-electron chi connectivity index (χ4n) is 1.50. The first-order valence-corrected chi connectivity index (χ1v) is 8.72. The number of amides is 1. The molecule has 0 bridgehead atoms. The number of pyridine rings is 1. The Hall–Kier alpha value is -2.10. The number of carbonyl (C=O) groups is 1. The molecule has 9 heteroatoms. The van der Waals surface area contributed by atoms with Gasteiger partial charge < -0.3 is 5.73 Å². The Morgan fingerprint density at radius 2 is 2.00 bits per heavy atom. The normalized spacial score (nSPS) is 11.0. The van der Waals surface area contributed by atoms with Gasteiger partial charge in [-0.25, -0.2) is 4.39 Å². The molecule has 128 valence electrons. The largest absolute Gasteiger partial charge is 0.366 e. The summed E-state index contributed by atoms with van der Waals surface area (Å²) in [5.74, 6) is -0.973. The highest BCUT2D eigenvalue weighted by atomic mass is 79.9. The SMILES string of the molecule is Cc1cccc(/C=C/S(=O)(=O)O)n1.NC(=O)c1ccc(F)cc1Br. The number of primary amides is 1. The summed E-state index contributed by atoms with van der Waals surface area (Å²) in [6, 6.07) is 8.91. The zero-order valence-electron chi connectivity index (χ0n) is 12.5. The maximum atomic E-state index is 12.4. The third-order valence-corrected chi connectivity index (χ3v) is 3.65. The van der Waals surface area contributed by atoms with E-state index in [1.165, 1.54) is 24.3 Å². The summed E-state index contributed by atoms with van der Waals surface area (Å²) in [5.41, 5.74) is 6.54. The van der Waals surface area contributed by atoms with Crippen molar-refractivity contribution in [3.8, 4) is 0 Å². The lowest BCUT2D eigenvalue weighted by Crippen LogP contribution is -2.11. The van der Waals surface area contributed by atoms with Gasteiger partial charge in [0.15, 0.2) is 0 Å². The molecule has 0 spiro atoms. The highest BCUT2D eigenvalue weighted by molar-refractivity contribution is 9.10. The van der Waals surface area contributed by atoms with E-state index < -0.39 is 21.8 Å². The molecule has 0 unspecified atom stereocenters. The van der Waals surface area contributed by atoms with E-state index in [-0.39, 0.29) is 5.56 Å². The van der Waals surface area contributed by atoms with Crippen molar-refractivity contribution in [3.05, 3.63) is 69.0 Å². The number of hydrogen-bond acceptors (Lipinski definition) is 4. The van der Waals surface area contributed by atoms with E-state index in [2.05, 4.69) is 20.9 Å². The molecule has 3 N–H and O–H groups in total. The van der Waals surface area contributed by atoms with E-state index in [1.54, 1.807) is 25.1 Å². The lowest BCUT2D eigenvalue weighted by molar-refractivity contribution is 0.0999. The van der Waals surface area contributed by atoms with Gasteiger partial charge in [-0.2, -0.15) is 8.42 Å². The Morgan fingerprint density at radius 1 is 1.33 bits per heavy atom. The molecule has 1 amide bonds. The third kappa shape index (κ3) is 7.44. The lowest BCUT2D eigenvalue weighted by atomic mass is 10.2. The smallest absolute Gasteiger partial charge is 0.287 e. The number of benzene rings is 1. The van der Waals surface area contributed by atoms with Crippen LogP contribution in [0.1, 0.15) is 21.7 Å². The standard InChI is InChI=1S/C8H9NO3S.C7H5BrFNO/c1-7-3-2-4-8(9-7)5-6-13(10,11)12;8-6-3-4(9)1-2-5(6)7(10)11/h2-6H,1H3,(H,10,11,12);1-3H,(H2,10,11)/b6-5+;. The highest BCUT2D eigenvalue weighted by Crippen LogP contribution is 2.16. The van der Waals surface area contributed by atoms with Gasteiger partial charge in [0.05, 0.1) is 16.7 Å². The van der Waals surface area contributed by atoms with Crippen molar-refractivity contribution < 1.29 is 22.2 Å². The molecule has 0 fully saturated rings. The molecule has 0 aliphatic rings. The molecule has 1 aromatic carbocycles. The van der Waals surface area contributed by atoms with Crippen LogP contribution in [0.5, 0.6) is 0 Å². The van der Waals surface area contributed by atoms with Gasteiger partial charge in [0, 0.05) is 10.2 Å². The second kappa shape index (κ2) is 8.67. The first-order valence-electron chi connectivity index (χ1n) is 6.42. The highest BCUT2D eigenvalue weighted by Gasteiger charge is 2.05. The van der Waals surface area contributed by atoms with Crippen LogP contribution in [0.25, 0.3) is 6.08 Å². The van der Waals surface area contributed by atoms with E-state index in [1.807, 2.05) is 0 Å². The molecule has 0 saturated carbocycles. The second-order valence-electron chi connectivity index (χ2n) is 4.51. The van der Waals surface area contributed by atoms with Gasteiger partial charge in [-0.15, -0.1) is 0 Å². The quantitative estimate of drug-likeness (QED) is 0.747. The van der Waals surface area contributed by atoms with Gasteiger partial charge in [0.2, 0.25) is 5.91 Å². The van der Waals surface area contributed by atoms with Crippen LogP contribution in [-0.4, -0.2) is 23.9 Å². The molecular formula is C15H14BrFN2O4S. The number of hydrogen-bond donors (Lipinski definition) is 2. The van der Waals surface area contributed by atoms with Crippen molar-refractivity contribution in [1.29, 1.82) is 0 Å². The van der Waals surface area contributed by atoms with Crippen LogP contribution in [-0.2, 0) is 10.1 Å². The van der Waals surface area contributed by atoms with Gasteiger partial charge in [-0.05, 0) is 59.3 Å². The monoisotopic (exact) mass is 416 g/mol. The Kier molecular flexibility index (Phi) is 7.20. The molecule has 0 aliphatic heterocycles. The molecule has 0 radical (unpaired) electrons. The zero-order chi connectivity index (χ0) is 18.3. The lowest BCUT2D eigenvalue weighted by Gasteiger charge is -1.97. The summed E-state index contributed by atoms with van der Waals surface area (Å²) in [4.78, 5) is 14.6. The predicted molar refractivity (Wildman–Crippen MR) is 92.2 cm³/mol. The average molecular weight is 417 g/mol. The molecule has 24 heavy (non-hydrogen) atoms. The first-order chi connectivity index (χ1) is 11.1. The Bertz CT molecular complexity index is 870. The van der Waals surface area contributed by atoms with Crippen LogP contribution in [0.3, 0.4) is 0 Å². The van der Waals surface area contributed by atoms with Crippen LogP contribution in [0, 0.1) is 12.7 Å². The average Bonchev–Trinajstić information content (AvgIpc) is 2.45. The molecule has 0 saturated heterocycles. The summed E-state index contributed by atoms with van der Waals surface area (Å²) in [6.45, 7) is 1.80. The van der Waals surface area contributed by atoms with E-state index in [0.29, 0.717) is 15.6 Å². The van der Waals surface area contributed by atoms with Gasteiger partial charge in [-0.1, -0.05) is 6.07 Å². The number of nitrogens with zero attached hydrogens (tertiary/aromatic N) is 1. The van der Waals surface area contributed by atoms with Crippen molar-refractivity contribution in [1.82, 2.24) is 4.98 Å². The molecule has 6 nitrogen and oxygen atoms in total. The van der Waals surface area contributed by atoms with E-state index in [4.69, 9.17) is 10.3 Å². The van der Waals surface area contributed by atoms with Crippen molar-refractivity contribution >= 4 is 38.0 Å². The Labute approximate surface area is 147 Å². The Balaban J connectivity index is 0.000000243. The van der Waals surface area contributed by atoms with Crippen molar-refractivity contribution in [2.75, 3.05) is 0 Å². The second-order valence-corrected chi connectivity index (χ2v) is 6.67. The maximum absolute atomic E-state index is 12.4. The summed E-state index contributed by atoms with van der Waals surface area (Å²) >= 11 is 3.01. The van der Waals surface area contributed by atoms with E-state index in [0.717, 1.165) is 5.69 Å². The molecule has 2 rings (SSSR count). The van der Waals surface area contributed by atoms with E-state index in [9.17, 15) is 17.6 Å². The molecule has 1 aromatic heterocycles. The van der Waals surface area contributed by atoms with Gasteiger partial charge >= 0.3 is 0 Å². The minimum absolute atomic E-state index is 0.284. The Morgan fingerprint density at radius 3 is 2.50 bits per heavy atom. The summed E-state index contributed by atoms with van der Waals surface area (Å²) in [7, 11) is -4.06. The van der Waals surface area contributed by atoms with Crippen molar-refractivity contribution in [3.63, 3.8) is 0 Å². The zero-order valence-corrected chi connectivity index (χ0v) is 14.9. The fourth-order valence-corrected chi connectivity index (χ4v) is 2.36. The fraction of sp³-hybridized carbons (Fsp3) is 0.0667. The van der Waals surface area contributed by atoms with Gasteiger partial charge in [0.25, 0.3) is 10.1 Å².